The molecule has 33 heavy (non-hydrogen) atoms. The van der Waals surface area contributed by atoms with E-state index < -0.39 is 0 Å². The predicted molar refractivity (Wildman–Crippen MR) is 136 cm³/mol. The highest BCUT2D eigenvalue weighted by atomic mass is 16.5. The average molecular weight is 446 g/mol. The molecule has 0 bridgehead atoms. The first-order valence-corrected chi connectivity index (χ1v) is 12.2. The molecule has 1 N–H and O–H groups in total. The van der Waals surface area contributed by atoms with Gasteiger partial charge in [0.25, 0.3) is 0 Å². The van der Waals surface area contributed by atoms with E-state index in [-0.39, 0.29) is 11.9 Å². The monoisotopic (exact) mass is 445 g/mol. The van der Waals surface area contributed by atoms with Crippen molar-refractivity contribution in [3.8, 4) is 16.9 Å². The minimum Gasteiger partial charge on any atom is -0.493 e. The highest BCUT2D eigenvalue weighted by Crippen LogP contribution is 2.40. The molecule has 0 unspecified atom stereocenters. The Morgan fingerprint density at radius 2 is 1.82 bits per heavy atom. The fourth-order valence-electron chi connectivity index (χ4n) is 4.84. The van der Waals surface area contributed by atoms with Gasteiger partial charge in [-0.2, -0.15) is 0 Å². The molecule has 3 aromatic rings. The van der Waals surface area contributed by atoms with Crippen LogP contribution in [0.1, 0.15) is 69.1 Å². The molecule has 0 atom stereocenters. The lowest BCUT2D eigenvalue weighted by molar-refractivity contribution is -0.117. The van der Waals surface area contributed by atoms with Crippen LogP contribution in [0, 0.1) is 13.8 Å². The molecular formula is C29H35NO3. The number of amides is 1. The van der Waals surface area contributed by atoms with Gasteiger partial charge in [0.05, 0.1) is 12.9 Å². The van der Waals surface area contributed by atoms with Crippen molar-refractivity contribution < 1.29 is 13.9 Å². The molecule has 1 fully saturated rings. The molecule has 4 nitrogen and oxygen atoms in total. The van der Waals surface area contributed by atoms with Gasteiger partial charge in [0.2, 0.25) is 5.91 Å². The number of carbonyl (C=O) groups excluding carboxylic acids is 1. The van der Waals surface area contributed by atoms with Crippen LogP contribution in [-0.2, 0) is 4.79 Å². The maximum atomic E-state index is 12.8. The van der Waals surface area contributed by atoms with E-state index in [0.29, 0.717) is 6.61 Å². The zero-order valence-corrected chi connectivity index (χ0v) is 20.3. The van der Waals surface area contributed by atoms with Crippen LogP contribution in [0.3, 0.4) is 0 Å². The van der Waals surface area contributed by atoms with Gasteiger partial charge < -0.3 is 14.5 Å². The van der Waals surface area contributed by atoms with Crippen LogP contribution < -0.4 is 10.1 Å². The summed E-state index contributed by atoms with van der Waals surface area (Å²) >= 11 is 0. The molecule has 4 rings (SSSR count). The molecule has 2 aromatic carbocycles. The van der Waals surface area contributed by atoms with E-state index in [4.69, 9.17) is 9.15 Å². The summed E-state index contributed by atoms with van der Waals surface area (Å²) in [5, 5.41) is 4.26. The number of hydrogen-bond donors (Lipinski definition) is 1. The molecule has 1 saturated carbocycles. The Morgan fingerprint density at radius 3 is 2.48 bits per heavy atom. The van der Waals surface area contributed by atoms with Crippen molar-refractivity contribution in [1.82, 2.24) is 5.32 Å². The number of ether oxygens (including phenoxy) is 1. The molecule has 0 saturated heterocycles. The lowest BCUT2D eigenvalue weighted by Crippen LogP contribution is -2.33. The van der Waals surface area contributed by atoms with Crippen LogP contribution in [0.2, 0.25) is 0 Å². The van der Waals surface area contributed by atoms with Crippen molar-refractivity contribution in [3.63, 3.8) is 0 Å². The van der Waals surface area contributed by atoms with Gasteiger partial charge in [-0.1, -0.05) is 55.5 Å². The summed E-state index contributed by atoms with van der Waals surface area (Å²) < 4.78 is 12.0. The molecule has 0 spiro atoms. The maximum absolute atomic E-state index is 12.8. The number of benzene rings is 2. The van der Waals surface area contributed by atoms with E-state index in [2.05, 4.69) is 42.6 Å². The summed E-state index contributed by atoms with van der Waals surface area (Å²) in [5.41, 5.74) is 7.00. The minimum atomic E-state index is -0.0226. The standard InChI is InChI=1S/C29H35NO3/c1-5-32-28-21(4)29-25(26(18-33-29)22-14-12-19(2)13-15-22)17-24(28)20(3)16-27(31)30-23-10-8-6-7-9-11-23/h12-18,23H,5-11H2,1-4H3,(H,30,31)/b20-16+. The summed E-state index contributed by atoms with van der Waals surface area (Å²) in [6.45, 7) is 8.62. The number of aryl methyl sites for hydroxylation is 2. The highest BCUT2D eigenvalue weighted by molar-refractivity contribution is 6.01. The first-order chi connectivity index (χ1) is 16.0. The molecule has 174 valence electrons. The summed E-state index contributed by atoms with van der Waals surface area (Å²) in [6.07, 6.45) is 10.6. The number of fused-ring (bicyclic) bond motifs is 1. The molecule has 1 aliphatic rings. The topological polar surface area (TPSA) is 51.5 Å². The van der Waals surface area contributed by atoms with Gasteiger partial charge in [0.1, 0.15) is 11.3 Å². The predicted octanol–water partition coefficient (Wildman–Crippen LogP) is 7.36. The van der Waals surface area contributed by atoms with E-state index in [1.807, 2.05) is 27.0 Å². The Bertz CT molecular complexity index is 1150. The van der Waals surface area contributed by atoms with Crippen LogP contribution in [0.25, 0.3) is 27.7 Å². The molecule has 1 aromatic heterocycles. The number of allylic oxidation sites excluding steroid dienone is 1. The first kappa shape index (κ1) is 23.2. The first-order valence-electron chi connectivity index (χ1n) is 12.2. The second-order valence-corrected chi connectivity index (χ2v) is 9.23. The second-order valence-electron chi connectivity index (χ2n) is 9.23. The Hall–Kier alpha value is -3.01. The van der Waals surface area contributed by atoms with E-state index in [1.165, 1.54) is 31.2 Å². The molecule has 0 aliphatic heterocycles. The van der Waals surface area contributed by atoms with Crippen LogP contribution in [0.15, 0.2) is 47.1 Å². The van der Waals surface area contributed by atoms with E-state index >= 15 is 0 Å². The Labute approximate surface area is 197 Å². The second kappa shape index (κ2) is 10.3. The van der Waals surface area contributed by atoms with Gasteiger partial charge in [0, 0.05) is 34.2 Å². The lowest BCUT2D eigenvalue weighted by atomic mass is 9.96. The highest BCUT2D eigenvalue weighted by Gasteiger charge is 2.20. The van der Waals surface area contributed by atoms with Crippen LogP contribution >= 0.6 is 0 Å². The molecular weight excluding hydrogens is 410 g/mol. The van der Waals surface area contributed by atoms with Crippen LogP contribution in [-0.4, -0.2) is 18.6 Å². The normalized spacial score (nSPS) is 15.5. The van der Waals surface area contributed by atoms with E-state index in [9.17, 15) is 4.79 Å². The SMILES string of the molecule is CCOc1c(/C(C)=C/C(=O)NC2CCCCCC2)cc2c(-c3ccc(C)cc3)coc2c1C. The van der Waals surface area contributed by atoms with E-state index in [1.54, 1.807) is 6.08 Å². The Morgan fingerprint density at radius 1 is 1.12 bits per heavy atom. The number of carbonyl (C=O) groups is 1. The van der Waals surface area contributed by atoms with Crippen molar-refractivity contribution in [3.05, 3.63) is 59.4 Å². The largest absolute Gasteiger partial charge is 0.493 e. The van der Waals surface area contributed by atoms with Gasteiger partial charge in [-0.05, 0) is 57.7 Å². The number of rotatable bonds is 6. The molecule has 1 amide bonds. The van der Waals surface area contributed by atoms with Gasteiger partial charge in [-0.3, -0.25) is 4.79 Å². The van der Waals surface area contributed by atoms with Gasteiger partial charge in [-0.25, -0.2) is 0 Å². The smallest absolute Gasteiger partial charge is 0.244 e. The summed E-state index contributed by atoms with van der Waals surface area (Å²) in [4.78, 5) is 12.8. The molecule has 1 aliphatic carbocycles. The van der Waals surface area contributed by atoms with Crippen molar-refractivity contribution in [2.75, 3.05) is 6.61 Å². The van der Waals surface area contributed by atoms with Gasteiger partial charge >= 0.3 is 0 Å². The quantitative estimate of drug-likeness (QED) is 0.318. The van der Waals surface area contributed by atoms with Crippen molar-refractivity contribution >= 4 is 22.4 Å². The third-order valence-electron chi connectivity index (χ3n) is 6.67. The maximum Gasteiger partial charge on any atom is 0.244 e. The van der Waals surface area contributed by atoms with E-state index in [0.717, 1.165) is 57.4 Å². The van der Waals surface area contributed by atoms with Gasteiger partial charge in [-0.15, -0.1) is 0 Å². The number of hydrogen-bond acceptors (Lipinski definition) is 3. The molecule has 1 heterocycles. The third-order valence-corrected chi connectivity index (χ3v) is 6.67. The summed E-state index contributed by atoms with van der Waals surface area (Å²) in [5.74, 6) is 0.761. The van der Waals surface area contributed by atoms with Crippen molar-refractivity contribution in [2.24, 2.45) is 0 Å². The third kappa shape index (κ3) is 5.16. The summed E-state index contributed by atoms with van der Waals surface area (Å²) in [6, 6.07) is 10.8. The molecule has 4 heteroatoms. The zero-order chi connectivity index (χ0) is 23.4. The van der Waals surface area contributed by atoms with Gasteiger partial charge in [0.15, 0.2) is 0 Å². The van der Waals surface area contributed by atoms with Crippen LogP contribution in [0.4, 0.5) is 0 Å². The zero-order valence-electron chi connectivity index (χ0n) is 20.3. The summed E-state index contributed by atoms with van der Waals surface area (Å²) in [7, 11) is 0. The fraction of sp³-hybridized carbons (Fsp3) is 0.414. The number of nitrogens with one attached hydrogen (secondary N) is 1. The molecule has 0 radical (unpaired) electrons. The Balaban J connectivity index is 1.72. The Kier molecular flexibility index (Phi) is 7.22. The number of furan rings is 1. The average Bonchev–Trinajstić information content (AvgIpc) is 3.05. The lowest BCUT2D eigenvalue weighted by Gasteiger charge is -2.17. The van der Waals surface area contributed by atoms with Crippen LogP contribution in [0.5, 0.6) is 5.75 Å². The van der Waals surface area contributed by atoms with Crippen molar-refractivity contribution in [2.45, 2.75) is 72.3 Å². The fourth-order valence-corrected chi connectivity index (χ4v) is 4.84. The van der Waals surface area contributed by atoms with Crippen molar-refractivity contribution in [1.29, 1.82) is 0 Å². The minimum absolute atomic E-state index is 0.0226.